The SMILES string of the molecule is O=c1c(Cl)c(NC[C@@H]2CCCOC2)cnn1C1CCN(Sc2c(F)cccc2F)CC1. The molecule has 3 heterocycles. The zero-order valence-corrected chi connectivity index (χ0v) is 18.6. The van der Waals surface area contributed by atoms with Gasteiger partial charge in [0.2, 0.25) is 0 Å². The summed E-state index contributed by atoms with van der Waals surface area (Å²) in [6.45, 7) is 3.37. The van der Waals surface area contributed by atoms with Crippen LogP contribution in [0.2, 0.25) is 5.02 Å². The fourth-order valence-corrected chi connectivity index (χ4v) is 5.09. The van der Waals surface area contributed by atoms with E-state index in [0.29, 0.717) is 50.7 Å². The molecule has 10 heteroatoms. The molecular formula is C21H25ClF2N4O2S. The number of benzene rings is 1. The van der Waals surface area contributed by atoms with Crippen molar-refractivity contribution in [1.29, 1.82) is 0 Å². The number of hydrogen-bond acceptors (Lipinski definition) is 6. The van der Waals surface area contributed by atoms with Gasteiger partial charge >= 0.3 is 0 Å². The molecule has 2 saturated heterocycles. The molecule has 0 radical (unpaired) electrons. The summed E-state index contributed by atoms with van der Waals surface area (Å²) in [4.78, 5) is 12.8. The van der Waals surface area contributed by atoms with Crippen LogP contribution >= 0.6 is 23.5 Å². The number of anilines is 1. The van der Waals surface area contributed by atoms with E-state index >= 15 is 0 Å². The molecule has 0 amide bonds. The second kappa shape index (κ2) is 10.3. The van der Waals surface area contributed by atoms with Crippen molar-refractivity contribution < 1.29 is 13.5 Å². The second-order valence-corrected chi connectivity index (χ2v) is 9.37. The summed E-state index contributed by atoms with van der Waals surface area (Å²) in [6, 6.07) is 3.75. The van der Waals surface area contributed by atoms with E-state index in [2.05, 4.69) is 10.4 Å². The predicted octanol–water partition coefficient (Wildman–Crippen LogP) is 4.36. The Morgan fingerprint density at radius 3 is 2.65 bits per heavy atom. The molecule has 1 N–H and O–H groups in total. The van der Waals surface area contributed by atoms with Gasteiger partial charge in [0, 0.05) is 26.2 Å². The summed E-state index contributed by atoms with van der Waals surface area (Å²) < 4.78 is 36.6. The van der Waals surface area contributed by atoms with Crippen molar-refractivity contribution in [3.63, 3.8) is 0 Å². The third kappa shape index (κ3) is 5.39. The minimum atomic E-state index is -0.570. The van der Waals surface area contributed by atoms with Crippen LogP contribution in [0.3, 0.4) is 0 Å². The number of nitrogens with zero attached hydrogens (tertiary/aromatic N) is 3. The van der Waals surface area contributed by atoms with Crippen molar-refractivity contribution in [3.05, 3.63) is 51.4 Å². The zero-order valence-electron chi connectivity index (χ0n) is 17.0. The fraction of sp³-hybridized carbons (Fsp3) is 0.524. The average molecular weight is 471 g/mol. The normalized spacial score (nSPS) is 20.7. The van der Waals surface area contributed by atoms with Crippen LogP contribution in [0.25, 0.3) is 0 Å². The Balaban J connectivity index is 1.36. The lowest BCUT2D eigenvalue weighted by molar-refractivity contribution is 0.0595. The van der Waals surface area contributed by atoms with E-state index in [-0.39, 0.29) is 21.5 Å². The van der Waals surface area contributed by atoms with Crippen molar-refractivity contribution in [2.24, 2.45) is 5.92 Å². The van der Waals surface area contributed by atoms with Crippen LogP contribution in [-0.2, 0) is 4.74 Å². The van der Waals surface area contributed by atoms with Gasteiger partial charge in [-0.05, 0) is 55.7 Å². The zero-order chi connectivity index (χ0) is 21.8. The van der Waals surface area contributed by atoms with Gasteiger partial charge in [0.05, 0.1) is 29.4 Å². The highest BCUT2D eigenvalue weighted by atomic mass is 35.5. The second-order valence-electron chi connectivity index (χ2n) is 7.89. The number of halogens is 3. The van der Waals surface area contributed by atoms with Crippen LogP contribution in [0.15, 0.2) is 34.1 Å². The Morgan fingerprint density at radius 2 is 1.97 bits per heavy atom. The molecule has 1 atom stereocenters. The molecule has 31 heavy (non-hydrogen) atoms. The molecule has 1 aromatic heterocycles. The Morgan fingerprint density at radius 1 is 1.23 bits per heavy atom. The standard InChI is InChI=1S/C21H25ClF2N4O2S/c22-19-18(25-11-14-3-2-10-30-13-14)12-26-28(21(19)29)15-6-8-27(9-7-15)31-20-16(23)4-1-5-17(20)24/h1,4-5,12,14-15,25H,2-3,6-11,13H2/t14-/m0/s1. The van der Waals surface area contributed by atoms with Gasteiger partial charge in [-0.3, -0.25) is 4.79 Å². The predicted molar refractivity (Wildman–Crippen MR) is 118 cm³/mol. The minimum absolute atomic E-state index is 0.00178. The largest absolute Gasteiger partial charge is 0.382 e. The number of rotatable bonds is 6. The fourth-order valence-electron chi connectivity index (χ4n) is 3.93. The van der Waals surface area contributed by atoms with E-state index in [1.165, 1.54) is 22.9 Å². The molecule has 2 aromatic rings. The Hall–Kier alpha value is -1.68. The van der Waals surface area contributed by atoms with Gasteiger partial charge in [-0.1, -0.05) is 17.7 Å². The molecule has 0 unspecified atom stereocenters. The van der Waals surface area contributed by atoms with Gasteiger partial charge in [-0.15, -0.1) is 0 Å². The lowest BCUT2D eigenvalue weighted by atomic mass is 10.0. The molecule has 0 aliphatic carbocycles. The number of nitrogens with one attached hydrogen (secondary N) is 1. The smallest absolute Gasteiger partial charge is 0.287 e. The van der Waals surface area contributed by atoms with E-state index in [4.69, 9.17) is 16.3 Å². The van der Waals surface area contributed by atoms with Crippen molar-refractivity contribution in [3.8, 4) is 0 Å². The molecule has 2 aliphatic heterocycles. The van der Waals surface area contributed by atoms with E-state index in [9.17, 15) is 13.6 Å². The van der Waals surface area contributed by atoms with Crippen LogP contribution in [0.4, 0.5) is 14.5 Å². The van der Waals surface area contributed by atoms with Gasteiger partial charge in [0.15, 0.2) is 0 Å². The van der Waals surface area contributed by atoms with Crippen molar-refractivity contribution in [2.45, 2.75) is 36.6 Å². The van der Waals surface area contributed by atoms with Gasteiger partial charge in [0.1, 0.15) is 16.7 Å². The molecule has 0 saturated carbocycles. The number of hydrogen-bond donors (Lipinski definition) is 1. The topological polar surface area (TPSA) is 59.4 Å². The highest BCUT2D eigenvalue weighted by Gasteiger charge is 2.25. The number of ether oxygens (including phenoxy) is 1. The summed E-state index contributed by atoms with van der Waals surface area (Å²) >= 11 is 7.42. The summed E-state index contributed by atoms with van der Waals surface area (Å²) in [5.74, 6) is -0.743. The van der Waals surface area contributed by atoms with E-state index < -0.39 is 11.6 Å². The summed E-state index contributed by atoms with van der Waals surface area (Å²) in [7, 11) is 0. The van der Waals surface area contributed by atoms with Crippen molar-refractivity contribution in [1.82, 2.24) is 14.1 Å². The Kier molecular flexibility index (Phi) is 7.47. The lowest BCUT2D eigenvalue weighted by Gasteiger charge is -2.31. The molecule has 6 nitrogen and oxygen atoms in total. The summed E-state index contributed by atoms with van der Waals surface area (Å²) in [5.41, 5.74) is 0.217. The molecule has 0 spiro atoms. The third-order valence-corrected chi connectivity index (χ3v) is 7.25. The Labute approximate surface area is 189 Å². The maximum Gasteiger partial charge on any atom is 0.287 e. The third-order valence-electron chi connectivity index (χ3n) is 5.69. The molecular weight excluding hydrogens is 446 g/mol. The Bertz CT molecular complexity index is 943. The first kappa shape index (κ1) is 22.5. The van der Waals surface area contributed by atoms with E-state index in [1.807, 2.05) is 4.31 Å². The quantitative estimate of drug-likeness (QED) is 0.633. The number of piperidine rings is 1. The molecule has 2 fully saturated rings. The van der Waals surface area contributed by atoms with Gasteiger partial charge in [-0.2, -0.15) is 5.10 Å². The van der Waals surface area contributed by atoms with Crippen LogP contribution in [-0.4, -0.2) is 46.9 Å². The van der Waals surface area contributed by atoms with Gasteiger partial charge < -0.3 is 10.1 Å². The summed E-state index contributed by atoms with van der Waals surface area (Å²) in [6.07, 6.45) is 5.00. The van der Waals surface area contributed by atoms with Gasteiger partial charge in [-0.25, -0.2) is 17.8 Å². The molecule has 0 bridgehead atoms. The van der Waals surface area contributed by atoms with Gasteiger partial charge in [0.25, 0.3) is 5.56 Å². The summed E-state index contributed by atoms with van der Waals surface area (Å²) in [5, 5.41) is 7.71. The highest BCUT2D eigenvalue weighted by molar-refractivity contribution is 7.97. The van der Waals surface area contributed by atoms with Crippen LogP contribution < -0.4 is 10.9 Å². The lowest BCUT2D eigenvalue weighted by Crippen LogP contribution is -2.36. The molecule has 168 valence electrons. The van der Waals surface area contributed by atoms with E-state index in [1.54, 1.807) is 6.20 Å². The minimum Gasteiger partial charge on any atom is -0.382 e. The number of aromatic nitrogens is 2. The first-order valence-electron chi connectivity index (χ1n) is 10.5. The van der Waals surface area contributed by atoms with Crippen molar-refractivity contribution >= 4 is 29.2 Å². The average Bonchev–Trinajstić information content (AvgIpc) is 2.79. The van der Waals surface area contributed by atoms with Crippen LogP contribution in [0.5, 0.6) is 0 Å². The highest BCUT2D eigenvalue weighted by Crippen LogP contribution is 2.33. The van der Waals surface area contributed by atoms with Crippen LogP contribution in [0.1, 0.15) is 31.7 Å². The monoisotopic (exact) mass is 470 g/mol. The van der Waals surface area contributed by atoms with E-state index in [0.717, 1.165) is 31.4 Å². The first-order chi connectivity index (χ1) is 15.0. The molecule has 2 aliphatic rings. The van der Waals surface area contributed by atoms with Crippen molar-refractivity contribution in [2.75, 3.05) is 38.2 Å². The molecule has 1 aromatic carbocycles. The maximum atomic E-state index is 13.9. The first-order valence-corrected chi connectivity index (χ1v) is 11.6. The maximum absolute atomic E-state index is 13.9. The molecule has 4 rings (SSSR count). The van der Waals surface area contributed by atoms with Crippen LogP contribution in [0, 0.1) is 17.6 Å².